The van der Waals surface area contributed by atoms with Crippen molar-refractivity contribution in [2.24, 2.45) is 5.73 Å². The maximum Gasteiger partial charge on any atom is 0.469 e. The van der Waals surface area contributed by atoms with E-state index in [2.05, 4.69) is 4.52 Å². The van der Waals surface area contributed by atoms with Gasteiger partial charge in [0.1, 0.15) is 17.8 Å². The van der Waals surface area contributed by atoms with Crippen LogP contribution in [0.25, 0.3) is 0 Å². The number of phosphoric acid groups is 1. The fourth-order valence-corrected chi connectivity index (χ4v) is 2.42. The van der Waals surface area contributed by atoms with Crippen LogP contribution in [0.1, 0.15) is 16.6 Å². The van der Waals surface area contributed by atoms with Gasteiger partial charge >= 0.3 is 7.82 Å². The molecule has 1 saturated heterocycles. The lowest BCUT2D eigenvalue weighted by Crippen LogP contribution is -2.46. The standard InChI is InChI=1S/C11H15N2O8P/c12-10(16)6-2-1-3-13(4-6)11-9(15)8(14)7(21-11)5-20-22(17,18)19/h1-4,7-9,11,14-15H,5H2,(H3-,12,16,17,18,19)/p+1/t7-,8-,9-,11-/m1/s1. The number of aliphatic hydroxyl groups is 2. The first-order valence-electron chi connectivity index (χ1n) is 6.21. The van der Waals surface area contributed by atoms with Gasteiger partial charge in [0.15, 0.2) is 18.5 Å². The van der Waals surface area contributed by atoms with Crippen molar-refractivity contribution in [1.29, 1.82) is 0 Å². The SMILES string of the molecule is NC(=O)c1ccc[n+]([C@@H]2O[C@H](COP(=O)(O)O)[C@@H](O)[C@H]2O)c1. The lowest BCUT2D eigenvalue weighted by Gasteiger charge is -2.13. The summed E-state index contributed by atoms with van der Waals surface area (Å²) in [7, 11) is -4.72. The molecule has 0 aromatic carbocycles. The molecule has 11 heteroatoms. The molecule has 0 spiro atoms. The number of aromatic nitrogens is 1. The minimum absolute atomic E-state index is 0.169. The van der Waals surface area contributed by atoms with E-state index in [0.717, 1.165) is 0 Å². The van der Waals surface area contributed by atoms with Crippen LogP contribution in [-0.2, 0) is 13.8 Å². The number of ether oxygens (including phenoxy) is 1. The van der Waals surface area contributed by atoms with Gasteiger partial charge in [-0.05, 0) is 6.07 Å². The van der Waals surface area contributed by atoms with Gasteiger partial charge in [-0.15, -0.1) is 0 Å². The first-order valence-corrected chi connectivity index (χ1v) is 7.74. The van der Waals surface area contributed by atoms with E-state index in [-0.39, 0.29) is 5.56 Å². The Labute approximate surface area is 124 Å². The number of carbonyl (C=O) groups excluding carboxylic acids is 1. The molecule has 4 atom stereocenters. The Balaban J connectivity index is 2.14. The Bertz CT molecular complexity index is 606. The second-order valence-electron chi connectivity index (χ2n) is 4.74. The van der Waals surface area contributed by atoms with Crippen molar-refractivity contribution in [3.8, 4) is 0 Å². The van der Waals surface area contributed by atoms with Crippen molar-refractivity contribution in [2.45, 2.75) is 24.5 Å². The van der Waals surface area contributed by atoms with Crippen LogP contribution in [0.4, 0.5) is 0 Å². The summed E-state index contributed by atoms with van der Waals surface area (Å²) < 4.78 is 21.6. The number of carbonyl (C=O) groups is 1. The number of amides is 1. The van der Waals surface area contributed by atoms with E-state index >= 15 is 0 Å². The zero-order chi connectivity index (χ0) is 16.5. The summed E-state index contributed by atoms with van der Waals surface area (Å²) in [5, 5.41) is 19.8. The van der Waals surface area contributed by atoms with Crippen molar-refractivity contribution < 1.29 is 43.2 Å². The van der Waals surface area contributed by atoms with Gasteiger partial charge in [0, 0.05) is 6.07 Å². The van der Waals surface area contributed by atoms with Crippen LogP contribution < -0.4 is 10.3 Å². The molecular formula is C11H16N2O8P+. The van der Waals surface area contributed by atoms with Crippen LogP contribution in [0.3, 0.4) is 0 Å². The van der Waals surface area contributed by atoms with Crippen molar-refractivity contribution in [2.75, 3.05) is 6.61 Å². The maximum atomic E-state index is 11.1. The number of pyridine rings is 1. The molecule has 0 aliphatic carbocycles. The molecule has 1 aliphatic heterocycles. The molecule has 1 aromatic rings. The predicted molar refractivity (Wildman–Crippen MR) is 69.1 cm³/mol. The van der Waals surface area contributed by atoms with E-state index in [4.69, 9.17) is 20.3 Å². The maximum absolute atomic E-state index is 11.1. The molecule has 1 aliphatic rings. The number of phosphoric ester groups is 1. The number of rotatable bonds is 5. The second-order valence-corrected chi connectivity index (χ2v) is 5.98. The number of primary amides is 1. The molecule has 2 rings (SSSR count). The van der Waals surface area contributed by atoms with E-state index in [0.29, 0.717) is 0 Å². The third-order valence-corrected chi connectivity index (χ3v) is 3.63. The number of nitrogens with zero attached hydrogens (tertiary/aromatic N) is 1. The first-order chi connectivity index (χ1) is 10.2. The highest BCUT2D eigenvalue weighted by Gasteiger charge is 2.48. The molecular weight excluding hydrogens is 319 g/mol. The van der Waals surface area contributed by atoms with E-state index in [1.165, 1.54) is 29.1 Å². The van der Waals surface area contributed by atoms with Gasteiger partial charge in [-0.1, -0.05) is 0 Å². The van der Waals surface area contributed by atoms with Crippen LogP contribution in [-0.4, -0.2) is 50.8 Å². The molecule has 6 N–H and O–H groups in total. The highest BCUT2D eigenvalue weighted by atomic mass is 31.2. The van der Waals surface area contributed by atoms with Crippen LogP contribution in [0.2, 0.25) is 0 Å². The Morgan fingerprint density at radius 3 is 2.68 bits per heavy atom. The molecule has 2 heterocycles. The largest absolute Gasteiger partial charge is 0.469 e. The first kappa shape index (κ1) is 17.0. The van der Waals surface area contributed by atoms with Gasteiger partial charge in [-0.2, -0.15) is 4.57 Å². The molecule has 10 nitrogen and oxygen atoms in total. The predicted octanol–water partition coefficient (Wildman–Crippen LogP) is -2.20. The summed E-state index contributed by atoms with van der Waals surface area (Å²) in [6.45, 7) is -0.602. The van der Waals surface area contributed by atoms with Gasteiger partial charge in [0.05, 0.1) is 6.61 Å². The average molecular weight is 335 g/mol. The number of nitrogens with two attached hydrogens (primary N) is 1. The fraction of sp³-hybridized carbons (Fsp3) is 0.455. The summed E-state index contributed by atoms with van der Waals surface area (Å²) in [5.74, 6) is -0.677. The van der Waals surface area contributed by atoms with Gasteiger partial charge in [-0.3, -0.25) is 9.32 Å². The molecule has 0 bridgehead atoms. The van der Waals surface area contributed by atoms with Crippen molar-refractivity contribution >= 4 is 13.7 Å². The van der Waals surface area contributed by atoms with Crippen LogP contribution in [0.5, 0.6) is 0 Å². The topological polar surface area (TPSA) is 163 Å². The van der Waals surface area contributed by atoms with Gasteiger partial charge in [0.25, 0.3) is 12.1 Å². The Kier molecular flexibility index (Phi) is 4.93. The molecule has 1 aromatic heterocycles. The van der Waals surface area contributed by atoms with Gasteiger partial charge in [0.2, 0.25) is 0 Å². The van der Waals surface area contributed by atoms with Crippen molar-refractivity contribution in [1.82, 2.24) is 0 Å². The van der Waals surface area contributed by atoms with Crippen LogP contribution in [0, 0.1) is 0 Å². The van der Waals surface area contributed by atoms with E-state index in [1.807, 2.05) is 0 Å². The molecule has 122 valence electrons. The van der Waals surface area contributed by atoms with E-state index in [1.54, 1.807) is 0 Å². The molecule has 1 fully saturated rings. The lowest BCUT2D eigenvalue weighted by atomic mass is 10.1. The summed E-state index contributed by atoms with van der Waals surface area (Å²) in [4.78, 5) is 28.4. The third kappa shape index (κ3) is 3.87. The minimum Gasteiger partial charge on any atom is -0.387 e. The van der Waals surface area contributed by atoms with Gasteiger partial charge < -0.3 is 30.5 Å². The smallest absolute Gasteiger partial charge is 0.387 e. The number of aliphatic hydroxyl groups excluding tert-OH is 2. The van der Waals surface area contributed by atoms with Gasteiger partial charge in [-0.25, -0.2) is 4.57 Å². The zero-order valence-electron chi connectivity index (χ0n) is 11.2. The Morgan fingerprint density at radius 1 is 1.41 bits per heavy atom. The highest BCUT2D eigenvalue weighted by molar-refractivity contribution is 7.46. The zero-order valence-corrected chi connectivity index (χ0v) is 12.1. The molecule has 22 heavy (non-hydrogen) atoms. The molecule has 0 unspecified atom stereocenters. The fourth-order valence-electron chi connectivity index (χ4n) is 2.08. The van der Waals surface area contributed by atoms with Crippen molar-refractivity contribution in [3.63, 3.8) is 0 Å². The monoisotopic (exact) mass is 335 g/mol. The summed E-state index contributed by atoms with van der Waals surface area (Å²) in [5.41, 5.74) is 5.32. The van der Waals surface area contributed by atoms with Crippen LogP contribution in [0.15, 0.2) is 24.5 Å². The highest BCUT2D eigenvalue weighted by Crippen LogP contribution is 2.37. The Hall–Kier alpha value is -1.39. The normalized spacial score (nSPS) is 28.7. The minimum atomic E-state index is -4.72. The quantitative estimate of drug-likeness (QED) is 0.299. The summed E-state index contributed by atoms with van der Waals surface area (Å²) >= 11 is 0. The summed E-state index contributed by atoms with van der Waals surface area (Å²) in [6, 6.07) is 2.97. The number of hydrogen-bond donors (Lipinski definition) is 5. The lowest BCUT2D eigenvalue weighted by molar-refractivity contribution is -0.765. The average Bonchev–Trinajstić information content (AvgIpc) is 2.72. The second kappa shape index (κ2) is 6.39. The molecule has 1 amide bonds. The number of hydrogen-bond acceptors (Lipinski definition) is 6. The van der Waals surface area contributed by atoms with Crippen LogP contribution >= 0.6 is 7.82 Å². The third-order valence-electron chi connectivity index (χ3n) is 3.14. The van der Waals surface area contributed by atoms with E-state index in [9.17, 15) is 19.6 Å². The Morgan fingerprint density at radius 2 is 2.09 bits per heavy atom. The molecule has 0 radical (unpaired) electrons. The summed E-state index contributed by atoms with van der Waals surface area (Å²) in [6.07, 6.45) is -2.18. The molecule has 0 saturated carbocycles. The van der Waals surface area contributed by atoms with Crippen molar-refractivity contribution in [3.05, 3.63) is 30.1 Å². The van der Waals surface area contributed by atoms with E-state index < -0.39 is 44.9 Å².